The molecule has 1 heterocycles. The van der Waals surface area contributed by atoms with E-state index in [1.807, 2.05) is 13.8 Å². The number of rotatable bonds is 5. The largest absolute Gasteiger partial charge is 0.464 e. The highest BCUT2D eigenvalue weighted by molar-refractivity contribution is 5.91. The molecule has 2 atom stereocenters. The zero-order valence-corrected chi connectivity index (χ0v) is 12.6. The predicted octanol–water partition coefficient (Wildman–Crippen LogP) is 0.701. The molecule has 1 aliphatic rings. The van der Waals surface area contributed by atoms with E-state index in [-0.39, 0.29) is 23.7 Å². The lowest BCUT2D eigenvalue weighted by Crippen LogP contribution is -2.53. The molecule has 1 fully saturated rings. The van der Waals surface area contributed by atoms with Crippen molar-refractivity contribution in [2.75, 3.05) is 13.2 Å². The zero-order valence-electron chi connectivity index (χ0n) is 12.6. The lowest BCUT2D eigenvalue weighted by atomic mass is 10.0. The van der Waals surface area contributed by atoms with Crippen molar-refractivity contribution in [1.82, 2.24) is 10.2 Å². The molecular weight excluding hydrogens is 260 g/mol. The third kappa shape index (κ3) is 3.95. The fourth-order valence-corrected chi connectivity index (χ4v) is 2.43. The summed E-state index contributed by atoms with van der Waals surface area (Å²) < 4.78 is 5.01. The maximum atomic E-state index is 12.5. The van der Waals surface area contributed by atoms with Crippen molar-refractivity contribution in [3.63, 3.8) is 0 Å². The zero-order chi connectivity index (χ0) is 15.3. The summed E-state index contributed by atoms with van der Waals surface area (Å²) >= 11 is 0. The Balaban J connectivity index is 2.81. The summed E-state index contributed by atoms with van der Waals surface area (Å²) in [4.78, 5) is 37.2. The molecule has 1 N–H and O–H groups in total. The first-order valence-electron chi connectivity index (χ1n) is 7.12. The van der Waals surface area contributed by atoms with Crippen molar-refractivity contribution in [3.8, 4) is 0 Å². The molecule has 0 radical (unpaired) electrons. The van der Waals surface area contributed by atoms with E-state index in [4.69, 9.17) is 4.74 Å². The molecule has 6 nitrogen and oxygen atoms in total. The number of carbonyl (C=O) groups excluding carboxylic acids is 3. The van der Waals surface area contributed by atoms with Crippen LogP contribution in [-0.2, 0) is 19.1 Å². The first-order valence-corrected chi connectivity index (χ1v) is 7.12. The molecule has 20 heavy (non-hydrogen) atoms. The average molecular weight is 284 g/mol. The predicted molar refractivity (Wildman–Crippen MR) is 73.8 cm³/mol. The summed E-state index contributed by atoms with van der Waals surface area (Å²) in [6.07, 6.45) is 1.40. The molecule has 114 valence electrons. The second kappa shape index (κ2) is 7.26. The Morgan fingerprint density at radius 3 is 2.50 bits per heavy atom. The molecule has 0 bridgehead atoms. The Hall–Kier alpha value is -1.59. The van der Waals surface area contributed by atoms with Crippen LogP contribution in [0.3, 0.4) is 0 Å². The maximum absolute atomic E-state index is 12.5. The third-order valence-corrected chi connectivity index (χ3v) is 3.39. The first-order chi connectivity index (χ1) is 9.38. The van der Waals surface area contributed by atoms with Crippen molar-refractivity contribution in [3.05, 3.63) is 0 Å². The lowest BCUT2D eigenvalue weighted by Gasteiger charge is -2.29. The van der Waals surface area contributed by atoms with E-state index in [2.05, 4.69) is 5.32 Å². The van der Waals surface area contributed by atoms with Crippen LogP contribution in [0.25, 0.3) is 0 Å². The number of esters is 1. The summed E-state index contributed by atoms with van der Waals surface area (Å²) in [6, 6.07) is -1.11. The highest BCUT2D eigenvalue weighted by Crippen LogP contribution is 2.21. The van der Waals surface area contributed by atoms with E-state index >= 15 is 0 Å². The van der Waals surface area contributed by atoms with E-state index in [0.717, 1.165) is 6.42 Å². The molecule has 2 amide bonds. The van der Waals surface area contributed by atoms with Crippen LogP contribution in [0.5, 0.6) is 0 Å². The van der Waals surface area contributed by atoms with Crippen molar-refractivity contribution >= 4 is 17.8 Å². The second-order valence-electron chi connectivity index (χ2n) is 5.36. The van der Waals surface area contributed by atoms with Crippen LogP contribution in [0.15, 0.2) is 0 Å². The number of hydrogen-bond acceptors (Lipinski definition) is 4. The van der Waals surface area contributed by atoms with Gasteiger partial charge in [-0.2, -0.15) is 0 Å². The molecule has 0 aromatic rings. The van der Waals surface area contributed by atoms with E-state index in [1.165, 1.54) is 6.92 Å². The molecule has 0 aromatic heterocycles. The van der Waals surface area contributed by atoms with Crippen LogP contribution in [0.2, 0.25) is 0 Å². The highest BCUT2D eigenvalue weighted by atomic mass is 16.5. The molecule has 1 rings (SSSR count). The second-order valence-corrected chi connectivity index (χ2v) is 5.36. The van der Waals surface area contributed by atoms with Crippen molar-refractivity contribution < 1.29 is 19.1 Å². The van der Waals surface area contributed by atoms with Crippen LogP contribution in [-0.4, -0.2) is 47.9 Å². The normalized spacial score (nSPS) is 19.9. The molecule has 2 unspecified atom stereocenters. The Labute approximate surface area is 119 Å². The number of likely N-dealkylation sites (tertiary alicyclic amines) is 1. The minimum atomic E-state index is -0.595. The van der Waals surface area contributed by atoms with Gasteiger partial charge in [-0.05, 0) is 25.7 Å². The smallest absolute Gasteiger partial charge is 0.328 e. The summed E-state index contributed by atoms with van der Waals surface area (Å²) in [5.41, 5.74) is 0. The van der Waals surface area contributed by atoms with E-state index < -0.39 is 12.1 Å². The first kappa shape index (κ1) is 16.5. The molecule has 1 saturated heterocycles. The summed E-state index contributed by atoms with van der Waals surface area (Å²) in [5.74, 6) is -0.840. The Bertz CT molecular complexity index is 381. The molecule has 0 spiro atoms. The van der Waals surface area contributed by atoms with Crippen LogP contribution in [0.1, 0.15) is 40.5 Å². The number of nitrogens with one attached hydrogen (secondary N) is 1. The SMILES string of the molecule is CCOC(=O)C1CCCN1C(=O)C(NC(C)=O)C(C)C. The van der Waals surface area contributed by atoms with Gasteiger partial charge >= 0.3 is 5.97 Å². The van der Waals surface area contributed by atoms with Gasteiger partial charge in [0, 0.05) is 13.5 Å². The summed E-state index contributed by atoms with van der Waals surface area (Å²) in [5, 5.41) is 2.67. The highest BCUT2D eigenvalue weighted by Gasteiger charge is 2.38. The molecule has 0 aliphatic carbocycles. The van der Waals surface area contributed by atoms with Crippen LogP contribution in [0, 0.1) is 5.92 Å². The van der Waals surface area contributed by atoms with Gasteiger partial charge in [-0.3, -0.25) is 9.59 Å². The van der Waals surface area contributed by atoms with E-state index in [0.29, 0.717) is 19.6 Å². The van der Waals surface area contributed by atoms with Crippen molar-refractivity contribution in [2.24, 2.45) is 5.92 Å². The van der Waals surface area contributed by atoms with Gasteiger partial charge in [-0.15, -0.1) is 0 Å². The van der Waals surface area contributed by atoms with E-state index in [1.54, 1.807) is 11.8 Å². The Morgan fingerprint density at radius 1 is 1.35 bits per heavy atom. The number of hydrogen-bond donors (Lipinski definition) is 1. The standard InChI is InChI=1S/C14H24N2O4/c1-5-20-14(19)11-7-6-8-16(11)13(18)12(9(2)3)15-10(4)17/h9,11-12H,5-8H2,1-4H3,(H,15,17). The molecule has 0 saturated carbocycles. The number of nitrogens with zero attached hydrogens (tertiary/aromatic N) is 1. The molecule has 1 aliphatic heterocycles. The van der Waals surface area contributed by atoms with Crippen LogP contribution < -0.4 is 5.32 Å². The summed E-state index contributed by atoms with van der Waals surface area (Å²) in [6.45, 7) is 7.70. The monoisotopic (exact) mass is 284 g/mol. The molecule has 0 aromatic carbocycles. The van der Waals surface area contributed by atoms with Gasteiger partial charge in [0.25, 0.3) is 0 Å². The van der Waals surface area contributed by atoms with Gasteiger partial charge in [0.2, 0.25) is 11.8 Å². The van der Waals surface area contributed by atoms with Crippen molar-refractivity contribution in [2.45, 2.75) is 52.6 Å². The van der Waals surface area contributed by atoms with Crippen LogP contribution >= 0.6 is 0 Å². The Morgan fingerprint density at radius 2 is 2.00 bits per heavy atom. The van der Waals surface area contributed by atoms with E-state index in [9.17, 15) is 14.4 Å². The van der Waals surface area contributed by atoms with Gasteiger partial charge in [-0.25, -0.2) is 4.79 Å². The van der Waals surface area contributed by atoms with Gasteiger partial charge in [0.1, 0.15) is 12.1 Å². The minimum Gasteiger partial charge on any atom is -0.464 e. The van der Waals surface area contributed by atoms with Gasteiger partial charge in [0.05, 0.1) is 6.61 Å². The quantitative estimate of drug-likeness (QED) is 0.754. The molecular formula is C14H24N2O4. The number of carbonyl (C=O) groups is 3. The van der Waals surface area contributed by atoms with Crippen LogP contribution in [0.4, 0.5) is 0 Å². The number of ether oxygens (including phenoxy) is 1. The lowest BCUT2D eigenvalue weighted by molar-refractivity contribution is -0.154. The summed E-state index contributed by atoms with van der Waals surface area (Å²) in [7, 11) is 0. The minimum absolute atomic E-state index is 0.0326. The maximum Gasteiger partial charge on any atom is 0.328 e. The van der Waals surface area contributed by atoms with Gasteiger partial charge in [-0.1, -0.05) is 13.8 Å². The molecule has 6 heteroatoms. The fourth-order valence-electron chi connectivity index (χ4n) is 2.43. The number of amides is 2. The van der Waals surface area contributed by atoms with Gasteiger partial charge in [0.15, 0.2) is 0 Å². The van der Waals surface area contributed by atoms with Crippen molar-refractivity contribution in [1.29, 1.82) is 0 Å². The fraction of sp³-hybridized carbons (Fsp3) is 0.786. The Kier molecular flexibility index (Phi) is 5.98. The third-order valence-electron chi connectivity index (χ3n) is 3.39. The topological polar surface area (TPSA) is 75.7 Å². The average Bonchev–Trinajstić information content (AvgIpc) is 2.84. The van der Waals surface area contributed by atoms with Gasteiger partial charge < -0.3 is 15.0 Å².